The quantitative estimate of drug-likeness (QED) is 0.713. The Hall–Kier alpha value is -2.28. The lowest BCUT2D eigenvalue weighted by Gasteiger charge is -2.14. The smallest absolute Gasteiger partial charge is 0.318 e. The van der Waals surface area contributed by atoms with Gasteiger partial charge in [0.2, 0.25) is 0 Å². The monoisotopic (exact) mass is 265 g/mol. The van der Waals surface area contributed by atoms with E-state index in [0.717, 1.165) is 5.56 Å². The highest BCUT2D eigenvalue weighted by molar-refractivity contribution is 5.95. The van der Waals surface area contributed by atoms with E-state index < -0.39 is 18.0 Å². The van der Waals surface area contributed by atoms with E-state index in [9.17, 15) is 9.59 Å². The van der Waals surface area contributed by atoms with Gasteiger partial charge in [-0.05, 0) is 19.1 Å². The molecule has 1 aliphatic heterocycles. The minimum atomic E-state index is -0.913. The Morgan fingerprint density at radius 3 is 2.95 bits per heavy atom. The maximum Gasteiger partial charge on any atom is 0.318 e. The second-order valence-corrected chi connectivity index (χ2v) is 4.23. The summed E-state index contributed by atoms with van der Waals surface area (Å²) in [6.45, 7) is 1.94. The third kappa shape index (κ3) is 2.94. The third-order valence-electron chi connectivity index (χ3n) is 2.73. The van der Waals surface area contributed by atoms with Crippen molar-refractivity contribution in [2.75, 3.05) is 6.61 Å². The van der Waals surface area contributed by atoms with Gasteiger partial charge in [0.05, 0.1) is 6.04 Å². The molecule has 0 aliphatic carbocycles. The number of nitrogens with two attached hydrogens (primary N) is 2. The van der Waals surface area contributed by atoms with Gasteiger partial charge in [0.1, 0.15) is 18.1 Å². The van der Waals surface area contributed by atoms with Crippen molar-refractivity contribution in [3.05, 3.63) is 23.8 Å². The minimum Gasteiger partial charge on any atom is -0.491 e. The van der Waals surface area contributed by atoms with Gasteiger partial charge in [-0.25, -0.2) is 4.79 Å². The molecule has 1 aromatic rings. The fourth-order valence-corrected chi connectivity index (χ4v) is 1.77. The molecule has 0 saturated heterocycles. The zero-order chi connectivity index (χ0) is 14.0. The SMILES string of the molecule is CC(Oc1ccc2c(c1)OCC2N)C(=O)NC(N)=O. The van der Waals surface area contributed by atoms with E-state index in [1.807, 2.05) is 5.32 Å². The summed E-state index contributed by atoms with van der Waals surface area (Å²) in [4.78, 5) is 22.0. The van der Waals surface area contributed by atoms with Gasteiger partial charge in [0, 0.05) is 11.6 Å². The summed E-state index contributed by atoms with van der Waals surface area (Å²) in [5, 5.41) is 1.95. The molecule has 19 heavy (non-hydrogen) atoms. The zero-order valence-electron chi connectivity index (χ0n) is 10.4. The first-order valence-corrected chi connectivity index (χ1v) is 5.76. The summed E-state index contributed by atoms with van der Waals surface area (Å²) in [6, 6.07) is 4.10. The molecule has 0 bridgehead atoms. The molecule has 2 unspecified atom stereocenters. The second-order valence-electron chi connectivity index (χ2n) is 4.23. The molecule has 5 N–H and O–H groups in total. The molecule has 7 nitrogen and oxygen atoms in total. The van der Waals surface area contributed by atoms with E-state index >= 15 is 0 Å². The molecule has 7 heteroatoms. The van der Waals surface area contributed by atoms with Crippen molar-refractivity contribution in [3.63, 3.8) is 0 Å². The van der Waals surface area contributed by atoms with Gasteiger partial charge in [0.15, 0.2) is 6.10 Å². The number of hydrogen-bond acceptors (Lipinski definition) is 5. The summed E-state index contributed by atoms with van der Waals surface area (Å²) in [5.41, 5.74) is 11.6. The highest BCUT2D eigenvalue weighted by atomic mass is 16.5. The molecule has 3 amide bonds. The number of hydrogen-bond donors (Lipinski definition) is 3. The minimum absolute atomic E-state index is 0.139. The molecule has 0 fully saturated rings. The number of ether oxygens (including phenoxy) is 2. The van der Waals surface area contributed by atoms with Crippen LogP contribution in [0.25, 0.3) is 0 Å². The van der Waals surface area contributed by atoms with Crippen LogP contribution in [0.4, 0.5) is 4.79 Å². The van der Waals surface area contributed by atoms with E-state index in [2.05, 4.69) is 0 Å². The average Bonchev–Trinajstić information content (AvgIpc) is 2.70. The van der Waals surface area contributed by atoms with Crippen LogP contribution in [-0.2, 0) is 4.79 Å². The molecule has 1 aliphatic rings. The van der Waals surface area contributed by atoms with Gasteiger partial charge in [-0.1, -0.05) is 0 Å². The Morgan fingerprint density at radius 2 is 2.26 bits per heavy atom. The molecule has 1 aromatic carbocycles. The van der Waals surface area contributed by atoms with E-state index in [1.165, 1.54) is 6.92 Å². The first-order chi connectivity index (χ1) is 8.97. The lowest BCUT2D eigenvalue weighted by molar-refractivity contribution is -0.126. The Labute approximate surface area is 109 Å². The first kappa shape index (κ1) is 13.2. The number of amides is 3. The van der Waals surface area contributed by atoms with Gasteiger partial charge in [-0.15, -0.1) is 0 Å². The van der Waals surface area contributed by atoms with Crippen LogP contribution in [0.1, 0.15) is 18.5 Å². The lowest BCUT2D eigenvalue weighted by Crippen LogP contribution is -2.42. The van der Waals surface area contributed by atoms with Crippen molar-refractivity contribution < 1.29 is 19.1 Å². The van der Waals surface area contributed by atoms with Crippen LogP contribution in [0.3, 0.4) is 0 Å². The Kier molecular flexibility index (Phi) is 3.57. The van der Waals surface area contributed by atoms with Crippen LogP contribution >= 0.6 is 0 Å². The largest absolute Gasteiger partial charge is 0.491 e. The first-order valence-electron chi connectivity index (χ1n) is 5.76. The molecule has 0 spiro atoms. The number of imide groups is 1. The lowest BCUT2D eigenvalue weighted by atomic mass is 10.1. The Bertz CT molecular complexity index is 518. The van der Waals surface area contributed by atoms with Crippen molar-refractivity contribution in [2.24, 2.45) is 11.5 Å². The van der Waals surface area contributed by atoms with Crippen LogP contribution in [0.5, 0.6) is 11.5 Å². The van der Waals surface area contributed by atoms with Crippen molar-refractivity contribution >= 4 is 11.9 Å². The highest BCUT2D eigenvalue weighted by Gasteiger charge is 2.22. The topological polar surface area (TPSA) is 117 Å². The summed E-state index contributed by atoms with van der Waals surface area (Å²) >= 11 is 0. The Balaban J connectivity index is 2.04. The number of carbonyl (C=O) groups is 2. The van der Waals surface area contributed by atoms with Crippen LogP contribution in [-0.4, -0.2) is 24.6 Å². The molecule has 2 rings (SSSR count). The van der Waals surface area contributed by atoms with E-state index in [1.54, 1.807) is 18.2 Å². The van der Waals surface area contributed by atoms with Crippen molar-refractivity contribution in [1.29, 1.82) is 0 Å². The summed E-state index contributed by atoms with van der Waals surface area (Å²) < 4.78 is 10.8. The summed E-state index contributed by atoms with van der Waals surface area (Å²) in [5.74, 6) is 0.498. The van der Waals surface area contributed by atoms with Gasteiger partial charge >= 0.3 is 6.03 Å². The fourth-order valence-electron chi connectivity index (χ4n) is 1.77. The van der Waals surface area contributed by atoms with Gasteiger partial charge in [0.25, 0.3) is 5.91 Å². The average molecular weight is 265 g/mol. The van der Waals surface area contributed by atoms with Crippen molar-refractivity contribution in [3.8, 4) is 11.5 Å². The fraction of sp³-hybridized carbons (Fsp3) is 0.333. The van der Waals surface area contributed by atoms with Crippen LogP contribution in [0.2, 0.25) is 0 Å². The molecule has 0 aromatic heterocycles. The number of benzene rings is 1. The predicted molar refractivity (Wildman–Crippen MR) is 66.7 cm³/mol. The van der Waals surface area contributed by atoms with Gasteiger partial charge in [-0.3, -0.25) is 10.1 Å². The number of rotatable bonds is 3. The maximum atomic E-state index is 11.5. The molecule has 0 radical (unpaired) electrons. The number of nitrogens with one attached hydrogen (secondary N) is 1. The molecule has 1 heterocycles. The maximum absolute atomic E-state index is 11.5. The van der Waals surface area contributed by atoms with E-state index in [-0.39, 0.29) is 6.04 Å². The number of carbonyl (C=O) groups excluding carboxylic acids is 2. The van der Waals surface area contributed by atoms with Gasteiger partial charge < -0.3 is 20.9 Å². The molecule has 102 valence electrons. The van der Waals surface area contributed by atoms with Crippen LogP contribution < -0.4 is 26.3 Å². The normalized spacial score (nSPS) is 18.1. The predicted octanol–water partition coefficient (Wildman–Crippen LogP) is 0.0410. The molecule has 0 saturated carbocycles. The number of urea groups is 1. The second kappa shape index (κ2) is 5.15. The third-order valence-corrected chi connectivity index (χ3v) is 2.73. The van der Waals surface area contributed by atoms with E-state index in [4.69, 9.17) is 20.9 Å². The van der Waals surface area contributed by atoms with E-state index in [0.29, 0.717) is 18.1 Å². The standard InChI is InChI=1S/C12H15N3O4/c1-6(11(16)15-12(14)17)19-7-2-3-8-9(13)5-18-10(8)4-7/h2-4,6,9H,5,13H2,1H3,(H3,14,15,16,17). The summed E-state index contributed by atoms with van der Waals surface area (Å²) in [7, 11) is 0. The van der Waals surface area contributed by atoms with Crippen molar-refractivity contribution in [1.82, 2.24) is 5.32 Å². The highest BCUT2D eigenvalue weighted by Crippen LogP contribution is 2.34. The number of primary amides is 1. The van der Waals surface area contributed by atoms with Crippen LogP contribution in [0.15, 0.2) is 18.2 Å². The zero-order valence-corrected chi connectivity index (χ0v) is 10.4. The van der Waals surface area contributed by atoms with Gasteiger partial charge in [-0.2, -0.15) is 0 Å². The van der Waals surface area contributed by atoms with Crippen LogP contribution in [0, 0.1) is 0 Å². The van der Waals surface area contributed by atoms with Crippen molar-refractivity contribution in [2.45, 2.75) is 19.1 Å². The molecular weight excluding hydrogens is 250 g/mol. The number of fused-ring (bicyclic) bond motifs is 1. The Morgan fingerprint density at radius 1 is 1.53 bits per heavy atom. The molecular formula is C12H15N3O4. The molecule has 2 atom stereocenters. The summed E-state index contributed by atoms with van der Waals surface area (Å²) in [6.07, 6.45) is -0.847.